The van der Waals surface area contributed by atoms with Gasteiger partial charge in [0.25, 0.3) is 0 Å². The molecule has 0 aliphatic heterocycles. The fraction of sp³-hybridized carbons (Fsp3) is 0.211. The Morgan fingerprint density at radius 3 is 2.21 bits per heavy atom. The van der Waals surface area contributed by atoms with Crippen LogP contribution in [0.25, 0.3) is 16.9 Å². The summed E-state index contributed by atoms with van der Waals surface area (Å²) >= 11 is 0. The highest BCUT2D eigenvalue weighted by molar-refractivity contribution is 7.88. The van der Waals surface area contributed by atoms with E-state index in [0.29, 0.717) is 17.7 Å². The van der Waals surface area contributed by atoms with Crippen molar-refractivity contribution in [1.29, 1.82) is 0 Å². The molecule has 3 rings (SSSR count). The molecule has 0 amide bonds. The summed E-state index contributed by atoms with van der Waals surface area (Å²) in [6.45, 7) is 0.212. The summed E-state index contributed by atoms with van der Waals surface area (Å²) < 4.78 is 78.4. The number of alkyl halides is 3. The molecule has 0 saturated heterocycles. The summed E-state index contributed by atoms with van der Waals surface area (Å²) in [6.07, 6.45) is -3.14. The highest BCUT2D eigenvalue weighted by Crippen LogP contribution is 2.33. The maximum Gasteiger partial charge on any atom is 0.435 e. The Morgan fingerprint density at radius 2 is 1.66 bits per heavy atom. The van der Waals surface area contributed by atoms with Crippen LogP contribution in [0.5, 0.6) is 0 Å². The first kappa shape index (κ1) is 21.0. The summed E-state index contributed by atoms with van der Waals surface area (Å²) in [5, 5.41) is 3.65. The molecule has 0 radical (unpaired) electrons. The number of rotatable bonds is 6. The van der Waals surface area contributed by atoms with E-state index in [1.165, 1.54) is 12.1 Å². The fourth-order valence-corrected chi connectivity index (χ4v) is 3.20. The molecule has 1 aromatic heterocycles. The number of nitrogens with zero attached hydrogens (tertiary/aromatic N) is 2. The summed E-state index contributed by atoms with van der Waals surface area (Å²) in [7, 11) is -3.29. The van der Waals surface area contributed by atoms with E-state index in [9.17, 15) is 26.0 Å². The number of benzene rings is 2. The molecule has 154 valence electrons. The van der Waals surface area contributed by atoms with Gasteiger partial charge in [-0.15, -0.1) is 0 Å². The topological polar surface area (TPSA) is 64.0 Å². The second-order valence-electron chi connectivity index (χ2n) is 6.41. The minimum Gasteiger partial charge on any atom is -0.233 e. The molecular formula is C19H17F4N3O2S. The third-order valence-corrected chi connectivity index (χ3v) is 4.83. The number of hydrogen-bond donors (Lipinski definition) is 1. The molecule has 0 aliphatic rings. The monoisotopic (exact) mass is 427 g/mol. The molecule has 0 atom stereocenters. The lowest BCUT2D eigenvalue weighted by Gasteiger charge is -2.09. The van der Waals surface area contributed by atoms with Crippen LogP contribution in [0, 0.1) is 5.82 Å². The van der Waals surface area contributed by atoms with E-state index in [0.717, 1.165) is 34.7 Å². The van der Waals surface area contributed by atoms with Crippen molar-refractivity contribution in [3.05, 3.63) is 71.7 Å². The predicted octanol–water partition coefficient (Wildman–Crippen LogP) is 3.79. The van der Waals surface area contributed by atoms with Crippen LogP contribution in [-0.4, -0.2) is 31.0 Å². The summed E-state index contributed by atoms with van der Waals surface area (Å²) in [5.74, 6) is -0.509. The van der Waals surface area contributed by atoms with Gasteiger partial charge in [-0.3, -0.25) is 0 Å². The van der Waals surface area contributed by atoms with Gasteiger partial charge >= 0.3 is 6.18 Å². The van der Waals surface area contributed by atoms with Crippen molar-refractivity contribution < 1.29 is 26.0 Å². The molecule has 0 saturated carbocycles. The Balaban J connectivity index is 1.92. The van der Waals surface area contributed by atoms with Gasteiger partial charge in [0.05, 0.1) is 17.6 Å². The first-order chi connectivity index (χ1) is 13.5. The maximum absolute atomic E-state index is 13.2. The van der Waals surface area contributed by atoms with Crippen molar-refractivity contribution in [1.82, 2.24) is 14.5 Å². The van der Waals surface area contributed by atoms with E-state index >= 15 is 0 Å². The van der Waals surface area contributed by atoms with Crippen molar-refractivity contribution >= 4 is 10.0 Å². The normalized spacial score (nSPS) is 12.3. The van der Waals surface area contributed by atoms with Crippen LogP contribution in [0.1, 0.15) is 11.3 Å². The number of halogens is 4. The Bertz CT molecular complexity index is 1090. The average Bonchev–Trinajstić information content (AvgIpc) is 3.08. The predicted molar refractivity (Wildman–Crippen MR) is 101 cm³/mol. The Morgan fingerprint density at radius 1 is 1.03 bits per heavy atom. The van der Waals surface area contributed by atoms with Gasteiger partial charge in [-0.2, -0.15) is 18.3 Å². The number of hydrogen-bond acceptors (Lipinski definition) is 3. The molecule has 0 unspecified atom stereocenters. The second kappa shape index (κ2) is 7.96. The van der Waals surface area contributed by atoms with E-state index in [4.69, 9.17) is 0 Å². The highest BCUT2D eigenvalue weighted by atomic mass is 32.2. The highest BCUT2D eigenvalue weighted by Gasteiger charge is 2.35. The van der Waals surface area contributed by atoms with Crippen molar-refractivity contribution in [3.63, 3.8) is 0 Å². The van der Waals surface area contributed by atoms with E-state index < -0.39 is 27.7 Å². The summed E-state index contributed by atoms with van der Waals surface area (Å²) in [6, 6.07) is 12.6. The minimum absolute atomic E-state index is 0.199. The zero-order valence-corrected chi connectivity index (χ0v) is 16.1. The molecule has 10 heteroatoms. The maximum atomic E-state index is 13.2. The Hall–Kier alpha value is -2.72. The molecule has 29 heavy (non-hydrogen) atoms. The molecule has 0 spiro atoms. The standard InChI is InChI=1S/C19H17F4N3O2S/c1-29(27,28)24-11-10-13-2-4-14(5-3-13)17-12-18(19(21,22)23)25-26(17)16-8-6-15(20)7-9-16/h2-9,12,24H,10-11H2,1H3. The van der Waals surface area contributed by atoms with E-state index in [2.05, 4.69) is 9.82 Å². The molecule has 1 N–H and O–H groups in total. The van der Waals surface area contributed by atoms with E-state index in [1.807, 2.05) is 0 Å². The SMILES string of the molecule is CS(=O)(=O)NCCc1ccc(-c2cc(C(F)(F)F)nn2-c2ccc(F)cc2)cc1. The van der Waals surface area contributed by atoms with Crippen LogP contribution in [0.4, 0.5) is 17.6 Å². The van der Waals surface area contributed by atoms with Crippen molar-refractivity contribution in [3.8, 4) is 16.9 Å². The second-order valence-corrected chi connectivity index (χ2v) is 8.25. The Kier molecular flexibility index (Phi) is 5.76. The quantitative estimate of drug-likeness (QED) is 0.609. The van der Waals surface area contributed by atoms with Gasteiger partial charge in [0.1, 0.15) is 5.82 Å². The van der Waals surface area contributed by atoms with Gasteiger partial charge in [-0.25, -0.2) is 22.2 Å². The van der Waals surface area contributed by atoms with Crippen molar-refractivity contribution in [2.24, 2.45) is 0 Å². The van der Waals surface area contributed by atoms with Crippen molar-refractivity contribution in [2.75, 3.05) is 12.8 Å². The smallest absolute Gasteiger partial charge is 0.233 e. The fourth-order valence-electron chi connectivity index (χ4n) is 2.73. The van der Waals surface area contributed by atoms with Crippen molar-refractivity contribution in [2.45, 2.75) is 12.6 Å². The van der Waals surface area contributed by atoms with Gasteiger partial charge in [0, 0.05) is 12.1 Å². The van der Waals surface area contributed by atoms with Gasteiger partial charge in [-0.1, -0.05) is 24.3 Å². The third kappa shape index (κ3) is 5.42. The lowest BCUT2D eigenvalue weighted by Crippen LogP contribution is -2.24. The van der Waals surface area contributed by atoms with Gasteiger partial charge in [0.2, 0.25) is 10.0 Å². The zero-order chi connectivity index (χ0) is 21.2. The minimum atomic E-state index is -4.63. The third-order valence-electron chi connectivity index (χ3n) is 4.10. The first-order valence-corrected chi connectivity index (χ1v) is 10.4. The van der Waals surface area contributed by atoms with Gasteiger partial charge in [-0.05, 0) is 42.3 Å². The molecule has 3 aromatic rings. The average molecular weight is 427 g/mol. The van der Waals surface area contributed by atoms with Crippen LogP contribution in [0.2, 0.25) is 0 Å². The molecular weight excluding hydrogens is 410 g/mol. The van der Waals surface area contributed by atoms with Crippen LogP contribution in [0.15, 0.2) is 54.6 Å². The van der Waals surface area contributed by atoms with Crippen LogP contribution in [0.3, 0.4) is 0 Å². The number of sulfonamides is 1. The molecule has 0 fully saturated rings. The van der Waals surface area contributed by atoms with E-state index in [-0.39, 0.29) is 12.2 Å². The van der Waals surface area contributed by atoms with Gasteiger partial charge in [0.15, 0.2) is 5.69 Å². The molecule has 0 aliphatic carbocycles. The first-order valence-electron chi connectivity index (χ1n) is 8.50. The number of nitrogens with one attached hydrogen (secondary N) is 1. The lowest BCUT2D eigenvalue weighted by molar-refractivity contribution is -0.141. The molecule has 2 aromatic carbocycles. The summed E-state index contributed by atoms with van der Waals surface area (Å²) in [4.78, 5) is 0. The van der Waals surface area contributed by atoms with E-state index in [1.54, 1.807) is 24.3 Å². The Labute approximate surface area is 165 Å². The summed E-state index contributed by atoms with van der Waals surface area (Å²) in [5.41, 5.74) is 0.729. The zero-order valence-electron chi connectivity index (χ0n) is 15.2. The molecule has 1 heterocycles. The van der Waals surface area contributed by atoms with Gasteiger partial charge < -0.3 is 0 Å². The van der Waals surface area contributed by atoms with Crippen LogP contribution >= 0.6 is 0 Å². The number of aromatic nitrogens is 2. The molecule has 5 nitrogen and oxygen atoms in total. The largest absolute Gasteiger partial charge is 0.435 e. The molecule has 0 bridgehead atoms. The van der Waals surface area contributed by atoms with Crippen LogP contribution in [-0.2, 0) is 22.6 Å². The van der Waals surface area contributed by atoms with Crippen LogP contribution < -0.4 is 4.72 Å². The lowest BCUT2D eigenvalue weighted by atomic mass is 10.1.